The number of benzene rings is 2. The topological polar surface area (TPSA) is 130 Å². The van der Waals surface area contributed by atoms with Crippen molar-refractivity contribution in [1.29, 1.82) is 0 Å². The summed E-state index contributed by atoms with van der Waals surface area (Å²) in [6, 6.07) is 13.6. The maximum Gasteiger partial charge on any atom is 0.271 e. The molecule has 0 aliphatic rings. The van der Waals surface area contributed by atoms with Gasteiger partial charge in [0.1, 0.15) is 12.6 Å². The summed E-state index contributed by atoms with van der Waals surface area (Å²) in [6.45, 7) is 6.61. The molecule has 0 spiro atoms. The van der Waals surface area contributed by atoms with Gasteiger partial charge in [-0.15, -0.1) is 0 Å². The molecule has 0 radical (unpaired) electrons. The third-order valence-corrected chi connectivity index (χ3v) is 6.30. The van der Waals surface area contributed by atoms with Gasteiger partial charge >= 0.3 is 0 Å². The van der Waals surface area contributed by atoms with Crippen LogP contribution in [0.15, 0.2) is 54.6 Å². The third kappa shape index (κ3) is 8.36. The van der Waals surface area contributed by atoms with Crippen molar-refractivity contribution >= 4 is 33.2 Å². The Kier molecular flexibility index (Phi) is 8.97. The minimum Gasteiger partial charge on any atom is -0.350 e. The van der Waals surface area contributed by atoms with Crippen molar-refractivity contribution in [2.45, 2.75) is 45.7 Å². The fourth-order valence-electron chi connectivity index (χ4n) is 3.42. The van der Waals surface area contributed by atoms with Crippen molar-refractivity contribution in [2.75, 3.05) is 23.7 Å². The van der Waals surface area contributed by atoms with Gasteiger partial charge < -0.3 is 10.2 Å². The van der Waals surface area contributed by atoms with E-state index in [4.69, 9.17) is 0 Å². The van der Waals surface area contributed by atoms with Crippen LogP contribution in [-0.4, -0.2) is 61.0 Å². The molecule has 35 heavy (non-hydrogen) atoms. The summed E-state index contributed by atoms with van der Waals surface area (Å²) in [5.74, 6) is -0.977. The summed E-state index contributed by atoms with van der Waals surface area (Å²) in [6.07, 6.45) is 1.37. The number of hydrogen-bond donors (Lipinski definition) is 1. The second kappa shape index (κ2) is 11.3. The summed E-state index contributed by atoms with van der Waals surface area (Å²) in [7, 11) is -3.97. The SMILES string of the molecule is C[C@H](C(=O)NC(C)(C)C)N(CCc1ccccc1)C(=O)CN(c1cccc([N+](=O)[O-])c1)S(C)(=O)=O. The van der Waals surface area contributed by atoms with Crippen LogP contribution in [0.2, 0.25) is 0 Å². The number of nitro benzene ring substituents is 1. The van der Waals surface area contributed by atoms with Crippen LogP contribution >= 0.6 is 0 Å². The number of non-ortho nitro benzene ring substituents is 1. The summed E-state index contributed by atoms with van der Waals surface area (Å²) in [4.78, 5) is 38.2. The van der Waals surface area contributed by atoms with Crippen molar-refractivity contribution in [3.8, 4) is 0 Å². The van der Waals surface area contributed by atoms with Gasteiger partial charge in [0.05, 0.1) is 16.9 Å². The largest absolute Gasteiger partial charge is 0.350 e. The van der Waals surface area contributed by atoms with Gasteiger partial charge in [-0.05, 0) is 45.7 Å². The van der Waals surface area contributed by atoms with E-state index in [2.05, 4.69) is 5.32 Å². The Bertz CT molecular complexity index is 1160. The van der Waals surface area contributed by atoms with E-state index in [1.54, 1.807) is 6.92 Å². The molecule has 1 atom stereocenters. The average molecular weight is 505 g/mol. The van der Waals surface area contributed by atoms with Gasteiger partial charge in [-0.2, -0.15) is 0 Å². The zero-order valence-electron chi connectivity index (χ0n) is 20.6. The van der Waals surface area contributed by atoms with Gasteiger partial charge in [0.2, 0.25) is 21.8 Å². The first kappa shape index (κ1) is 27.8. The highest BCUT2D eigenvalue weighted by Gasteiger charge is 2.31. The van der Waals surface area contributed by atoms with Gasteiger partial charge in [0.15, 0.2) is 0 Å². The molecule has 0 aliphatic carbocycles. The number of anilines is 1. The molecular formula is C24H32N4O6S. The molecule has 2 amide bonds. The average Bonchev–Trinajstić information content (AvgIpc) is 2.76. The maximum atomic E-state index is 13.4. The molecule has 2 rings (SSSR count). The second-order valence-corrected chi connectivity index (χ2v) is 11.2. The fraction of sp³-hybridized carbons (Fsp3) is 0.417. The van der Waals surface area contributed by atoms with E-state index < -0.39 is 39.0 Å². The number of sulfonamides is 1. The number of carbonyl (C=O) groups excluding carboxylic acids is 2. The Hall–Kier alpha value is -3.47. The number of carbonyl (C=O) groups is 2. The fourth-order valence-corrected chi connectivity index (χ4v) is 4.26. The van der Waals surface area contributed by atoms with Crippen LogP contribution in [0.1, 0.15) is 33.3 Å². The van der Waals surface area contributed by atoms with E-state index in [0.717, 1.165) is 22.2 Å². The van der Waals surface area contributed by atoms with E-state index in [1.807, 2.05) is 51.1 Å². The molecule has 0 unspecified atom stereocenters. The number of nitrogens with one attached hydrogen (secondary N) is 1. The molecule has 0 fully saturated rings. The van der Waals surface area contributed by atoms with E-state index >= 15 is 0 Å². The molecule has 10 nitrogen and oxygen atoms in total. The molecular weight excluding hydrogens is 472 g/mol. The molecule has 1 N–H and O–H groups in total. The van der Waals surface area contributed by atoms with Crippen LogP contribution in [0.3, 0.4) is 0 Å². The lowest BCUT2D eigenvalue weighted by molar-refractivity contribution is -0.384. The number of amides is 2. The smallest absolute Gasteiger partial charge is 0.271 e. The van der Waals surface area contributed by atoms with Crippen LogP contribution < -0.4 is 9.62 Å². The van der Waals surface area contributed by atoms with E-state index in [9.17, 15) is 28.1 Å². The number of nitrogens with zero attached hydrogens (tertiary/aromatic N) is 3. The van der Waals surface area contributed by atoms with Crippen LogP contribution in [0, 0.1) is 10.1 Å². The van der Waals surface area contributed by atoms with Gasteiger partial charge in [-0.1, -0.05) is 36.4 Å². The predicted molar refractivity (Wildman–Crippen MR) is 135 cm³/mol. The lowest BCUT2D eigenvalue weighted by Crippen LogP contribution is -2.55. The van der Waals surface area contributed by atoms with E-state index in [0.29, 0.717) is 6.42 Å². The van der Waals surface area contributed by atoms with Gasteiger partial charge in [0, 0.05) is 24.2 Å². The molecule has 2 aromatic carbocycles. The minimum absolute atomic E-state index is 0.00939. The maximum absolute atomic E-state index is 13.4. The van der Waals surface area contributed by atoms with Crippen molar-refractivity contribution in [1.82, 2.24) is 10.2 Å². The molecule has 0 heterocycles. The molecule has 0 bridgehead atoms. The molecule has 11 heteroatoms. The Morgan fingerprint density at radius 1 is 1.09 bits per heavy atom. The third-order valence-electron chi connectivity index (χ3n) is 5.16. The quantitative estimate of drug-likeness (QED) is 0.391. The van der Waals surface area contributed by atoms with E-state index in [-0.39, 0.29) is 23.8 Å². The van der Waals surface area contributed by atoms with Crippen LogP contribution in [0.25, 0.3) is 0 Å². The molecule has 0 aromatic heterocycles. The number of nitro groups is 1. The highest BCUT2D eigenvalue weighted by Crippen LogP contribution is 2.23. The zero-order chi connectivity index (χ0) is 26.4. The van der Waals surface area contributed by atoms with Crippen LogP contribution in [0.5, 0.6) is 0 Å². The van der Waals surface area contributed by atoms with Crippen molar-refractivity contribution in [3.63, 3.8) is 0 Å². The Morgan fingerprint density at radius 3 is 2.26 bits per heavy atom. The Morgan fingerprint density at radius 2 is 1.71 bits per heavy atom. The van der Waals surface area contributed by atoms with Crippen LogP contribution in [0.4, 0.5) is 11.4 Å². The first-order valence-corrected chi connectivity index (χ1v) is 12.9. The standard InChI is InChI=1S/C24H32N4O6S/c1-18(23(30)25-24(2,3)4)26(15-14-19-10-7-6-8-11-19)22(29)17-27(35(5,33)34)20-12-9-13-21(16-20)28(31)32/h6-13,16,18H,14-15,17H2,1-5H3,(H,25,30)/t18-/m1/s1. The first-order chi connectivity index (χ1) is 16.2. The number of rotatable bonds is 10. The zero-order valence-corrected chi connectivity index (χ0v) is 21.4. The van der Waals surface area contributed by atoms with E-state index in [1.165, 1.54) is 23.1 Å². The van der Waals surface area contributed by atoms with Gasteiger partial charge in [-0.25, -0.2) is 8.42 Å². The highest BCUT2D eigenvalue weighted by molar-refractivity contribution is 7.92. The summed E-state index contributed by atoms with van der Waals surface area (Å²) in [5.41, 5.74) is 0.112. The highest BCUT2D eigenvalue weighted by atomic mass is 32.2. The lowest BCUT2D eigenvalue weighted by Gasteiger charge is -2.33. The summed E-state index contributed by atoms with van der Waals surface area (Å²) < 4.78 is 25.9. The Balaban J connectivity index is 2.37. The molecule has 190 valence electrons. The van der Waals surface area contributed by atoms with Crippen molar-refractivity contribution < 1.29 is 22.9 Å². The Labute approximate surface area is 206 Å². The monoisotopic (exact) mass is 504 g/mol. The summed E-state index contributed by atoms with van der Waals surface area (Å²) >= 11 is 0. The normalized spacial score (nSPS) is 12.5. The predicted octanol–water partition coefficient (Wildman–Crippen LogP) is 2.74. The molecule has 2 aromatic rings. The second-order valence-electron chi connectivity index (χ2n) is 9.28. The van der Waals surface area contributed by atoms with Crippen molar-refractivity contribution in [2.24, 2.45) is 0 Å². The minimum atomic E-state index is -3.97. The first-order valence-electron chi connectivity index (χ1n) is 11.1. The van der Waals surface area contributed by atoms with Gasteiger partial charge in [0.25, 0.3) is 5.69 Å². The molecule has 0 aliphatic heterocycles. The molecule has 0 saturated carbocycles. The van der Waals surface area contributed by atoms with Crippen LogP contribution in [-0.2, 0) is 26.0 Å². The molecule has 0 saturated heterocycles. The van der Waals surface area contributed by atoms with Gasteiger partial charge in [-0.3, -0.25) is 24.0 Å². The number of hydrogen-bond acceptors (Lipinski definition) is 6. The lowest BCUT2D eigenvalue weighted by atomic mass is 10.1. The summed E-state index contributed by atoms with van der Waals surface area (Å²) in [5, 5.41) is 14.0. The van der Waals surface area contributed by atoms with Crippen molar-refractivity contribution in [3.05, 3.63) is 70.3 Å².